The first kappa shape index (κ1) is 33.0. The topological polar surface area (TPSA) is 48.0 Å². The minimum Gasteiger partial charge on any atom is -0.308 e. The predicted octanol–water partition coefficient (Wildman–Crippen LogP) is 14.6. The summed E-state index contributed by atoms with van der Waals surface area (Å²) in [6.07, 6.45) is 0. The zero-order valence-electron chi connectivity index (χ0n) is 32.5. The molecule has 61 heavy (non-hydrogen) atoms. The van der Waals surface area contributed by atoms with Crippen molar-refractivity contribution in [3.63, 3.8) is 0 Å². The monoisotopic (exact) mass is 793 g/mol. The molecular formula is C55H31N5S. The molecule has 14 rings (SSSR count). The van der Waals surface area contributed by atoms with Gasteiger partial charge in [0.25, 0.3) is 0 Å². The molecule has 0 aliphatic rings. The molecule has 0 unspecified atom stereocenters. The second-order valence-corrected chi connectivity index (χ2v) is 17.0. The lowest BCUT2D eigenvalue weighted by molar-refractivity contribution is 0.953. The maximum absolute atomic E-state index is 5.13. The molecule has 5 nitrogen and oxygen atoms in total. The lowest BCUT2D eigenvalue weighted by atomic mass is 9.97. The molecule has 0 radical (unpaired) electrons. The molecule has 5 aromatic heterocycles. The third kappa shape index (κ3) is 4.62. The summed E-state index contributed by atoms with van der Waals surface area (Å²) in [5, 5.41) is 12.8. The van der Waals surface area contributed by atoms with Crippen LogP contribution in [-0.4, -0.2) is 23.9 Å². The van der Waals surface area contributed by atoms with E-state index < -0.39 is 0 Å². The third-order valence-electron chi connectivity index (χ3n) is 12.7. The molecule has 0 aliphatic carbocycles. The lowest BCUT2D eigenvalue weighted by Crippen LogP contribution is -2.06. The maximum Gasteiger partial charge on any atom is 0.238 e. The van der Waals surface area contributed by atoms with Gasteiger partial charge >= 0.3 is 0 Å². The van der Waals surface area contributed by atoms with Crippen molar-refractivity contribution >= 4 is 102 Å². The number of nitrogens with zero attached hydrogens (tertiary/aromatic N) is 5. The van der Waals surface area contributed by atoms with Gasteiger partial charge in [0.15, 0.2) is 11.6 Å². The van der Waals surface area contributed by atoms with Crippen molar-refractivity contribution in [3.8, 4) is 39.9 Å². The van der Waals surface area contributed by atoms with Gasteiger partial charge in [0.1, 0.15) is 0 Å². The van der Waals surface area contributed by atoms with Crippen LogP contribution in [-0.2, 0) is 0 Å². The van der Waals surface area contributed by atoms with Gasteiger partial charge in [-0.15, -0.1) is 11.3 Å². The van der Waals surface area contributed by atoms with E-state index in [4.69, 9.17) is 15.0 Å². The predicted molar refractivity (Wildman–Crippen MR) is 256 cm³/mol. The van der Waals surface area contributed by atoms with Crippen molar-refractivity contribution in [2.24, 2.45) is 0 Å². The quantitative estimate of drug-likeness (QED) is 0.178. The number of hydrogen-bond donors (Lipinski definition) is 0. The fourth-order valence-electron chi connectivity index (χ4n) is 10.1. The fraction of sp³-hybridized carbons (Fsp3) is 0. The van der Waals surface area contributed by atoms with E-state index in [0.717, 1.165) is 32.9 Å². The minimum atomic E-state index is 0.591. The van der Waals surface area contributed by atoms with E-state index in [0.29, 0.717) is 17.6 Å². The highest BCUT2D eigenvalue weighted by Crippen LogP contribution is 2.46. The van der Waals surface area contributed by atoms with Gasteiger partial charge in [-0.3, -0.25) is 4.57 Å². The average Bonchev–Trinajstić information content (AvgIpc) is 4.07. The second-order valence-electron chi connectivity index (χ2n) is 16.0. The Morgan fingerprint density at radius 2 is 0.885 bits per heavy atom. The lowest BCUT2D eigenvalue weighted by Gasteiger charge is -2.11. The van der Waals surface area contributed by atoms with Crippen molar-refractivity contribution in [2.75, 3.05) is 0 Å². The Balaban J connectivity index is 0.962. The first-order valence-corrected chi connectivity index (χ1v) is 21.4. The van der Waals surface area contributed by atoms with Crippen LogP contribution >= 0.6 is 11.3 Å². The van der Waals surface area contributed by atoms with E-state index in [1.54, 1.807) is 0 Å². The summed E-state index contributed by atoms with van der Waals surface area (Å²) >= 11 is 1.88. The van der Waals surface area contributed by atoms with E-state index >= 15 is 0 Å². The Labute approximate surface area is 352 Å². The molecule has 0 saturated carbocycles. The van der Waals surface area contributed by atoms with Crippen molar-refractivity contribution < 1.29 is 0 Å². The summed E-state index contributed by atoms with van der Waals surface area (Å²) < 4.78 is 7.26. The average molecular weight is 794 g/mol. The Kier molecular flexibility index (Phi) is 6.65. The molecule has 9 aromatic carbocycles. The van der Waals surface area contributed by atoms with E-state index in [9.17, 15) is 0 Å². The summed E-state index contributed by atoms with van der Waals surface area (Å²) in [6, 6.07) is 67.7. The van der Waals surface area contributed by atoms with Gasteiger partial charge in [0.2, 0.25) is 5.95 Å². The zero-order chi connectivity index (χ0) is 39.8. The Bertz CT molecular complexity index is 4050. The molecule has 0 saturated heterocycles. The summed E-state index contributed by atoms with van der Waals surface area (Å²) in [5.74, 6) is 1.87. The van der Waals surface area contributed by atoms with Gasteiger partial charge in [-0.25, -0.2) is 4.98 Å². The van der Waals surface area contributed by atoms with Crippen LogP contribution in [0.15, 0.2) is 188 Å². The normalized spacial score (nSPS) is 12.3. The Morgan fingerprint density at radius 3 is 1.66 bits per heavy atom. The molecule has 0 aliphatic heterocycles. The van der Waals surface area contributed by atoms with Crippen molar-refractivity contribution in [2.45, 2.75) is 0 Å². The first-order chi connectivity index (χ1) is 30.2. The SMILES string of the molecule is c1ccc(-c2nc(-c3ccccc3)nc(-n3c4ccccc4c4cc(-c5ccc6sc7ccc8c(ccc9c8c8cccc%10c%11ccccc%11n9c%108)c7c6c5)ccc43)n2)cc1. The highest BCUT2D eigenvalue weighted by Gasteiger charge is 2.21. The number of aromatic nitrogens is 5. The largest absolute Gasteiger partial charge is 0.308 e. The van der Waals surface area contributed by atoms with Crippen LogP contribution in [0.4, 0.5) is 0 Å². The van der Waals surface area contributed by atoms with Crippen molar-refractivity contribution in [1.29, 1.82) is 0 Å². The van der Waals surface area contributed by atoms with Gasteiger partial charge in [-0.05, 0) is 70.4 Å². The van der Waals surface area contributed by atoms with E-state index in [1.165, 1.54) is 80.2 Å². The number of rotatable bonds is 4. The van der Waals surface area contributed by atoms with Gasteiger partial charge in [-0.2, -0.15) is 9.97 Å². The highest BCUT2D eigenvalue weighted by atomic mass is 32.1. The van der Waals surface area contributed by atoms with Crippen LogP contribution in [0.3, 0.4) is 0 Å². The van der Waals surface area contributed by atoms with Gasteiger partial charge in [0, 0.05) is 63.6 Å². The third-order valence-corrected chi connectivity index (χ3v) is 13.8. The van der Waals surface area contributed by atoms with E-state index in [1.807, 2.05) is 47.7 Å². The second kappa shape index (κ2) is 12.3. The molecule has 0 spiro atoms. The molecule has 0 amide bonds. The number of thiophene rings is 1. The van der Waals surface area contributed by atoms with Crippen molar-refractivity contribution in [3.05, 3.63) is 188 Å². The number of hydrogen-bond acceptors (Lipinski definition) is 4. The van der Waals surface area contributed by atoms with Crippen LogP contribution in [0.1, 0.15) is 0 Å². The molecule has 0 fully saturated rings. The zero-order valence-corrected chi connectivity index (χ0v) is 33.4. The summed E-state index contributed by atoms with van der Waals surface area (Å²) in [7, 11) is 0. The molecule has 6 heteroatoms. The van der Waals surface area contributed by atoms with Gasteiger partial charge in [0.05, 0.1) is 27.6 Å². The van der Waals surface area contributed by atoms with Gasteiger partial charge < -0.3 is 4.40 Å². The van der Waals surface area contributed by atoms with E-state index in [-0.39, 0.29) is 0 Å². The molecule has 14 aromatic rings. The maximum atomic E-state index is 5.13. The smallest absolute Gasteiger partial charge is 0.238 e. The van der Waals surface area contributed by atoms with E-state index in [2.05, 4.69) is 161 Å². The molecule has 0 N–H and O–H groups in total. The van der Waals surface area contributed by atoms with Crippen LogP contribution in [0.5, 0.6) is 0 Å². The molecule has 282 valence electrons. The highest BCUT2D eigenvalue weighted by molar-refractivity contribution is 7.26. The van der Waals surface area contributed by atoms with Gasteiger partial charge in [-0.1, -0.05) is 140 Å². The molecule has 5 heterocycles. The van der Waals surface area contributed by atoms with Crippen LogP contribution in [0, 0.1) is 0 Å². The summed E-state index contributed by atoms with van der Waals surface area (Å²) in [5.41, 5.74) is 10.2. The summed E-state index contributed by atoms with van der Waals surface area (Å²) in [4.78, 5) is 15.2. The molecular weight excluding hydrogens is 763 g/mol. The van der Waals surface area contributed by atoms with Crippen LogP contribution in [0.25, 0.3) is 131 Å². The van der Waals surface area contributed by atoms with Crippen molar-refractivity contribution in [1.82, 2.24) is 23.9 Å². The first-order valence-electron chi connectivity index (χ1n) is 20.6. The van der Waals surface area contributed by atoms with Crippen LogP contribution < -0.4 is 0 Å². The standard InChI is InChI=1S/C55H31N5S/c1-3-12-32(13-4-1)53-56-54(33-14-5-2-6-15-33)58-55(57-53)60-45-21-10-8-17-37(45)42-30-34(22-26-46(42)60)35-23-28-48-43(31-35)51-39-24-27-47-50(38(39)25-29-49(51)61-48)41-19-11-18-40-36-16-7-9-20-44(36)59(47)52(40)41/h1-31H. The Morgan fingerprint density at radius 1 is 0.328 bits per heavy atom. The molecule has 0 atom stereocenters. The number of fused-ring (bicyclic) bond motifs is 15. The summed E-state index contributed by atoms with van der Waals surface area (Å²) in [6.45, 7) is 0. The Hall–Kier alpha value is -7.93. The van der Waals surface area contributed by atoms with Crippen LogP contribution in [0.2, 0.25) is 0 Å². The number of benzene rings is 9. The molecule has 0 bridgehead atoms. The minimum absolute atomic E-state index is 0.591. The fourth-order valence-corrected chi connectivity index (χ4v) is 11.2. The number of para-hydroxylation sites is 3.